The molecule has 1 aliphatic rings. The molecule has 2 heterocycles. The average Bonchev–Trinajstić information content (AvgIpc) is 2.27. The summed E-state index contributed by atoms with van der Waals surface area (Å²) in [7, 11) is 3.63. The number of likely N-dealkylation sites (N-methyl/N-ethyl adjacent to an activating group) is 1. The molecular formula is C11H20N6O. The van der Waals surface area contributed by atoms with Crippen molar-refractivity contribution in [3.8, 4) is 0 Å². The van der Waals surface area contributed by atoms with Crippen molar-refractivity contribution in [1.29, 1.82) is 0 Å². The van der Waals surface area contributed by atoms with Gasteiger partial charge in [0, 0.05) is 38.9 Å². The molecule has 18 heavy (non-hydrogen) atoms. The molecule has 7 heteroatoms. The first kappa shape index (κ1) is 12.8. The molecule has 0 aliphatic carbocycles. The molecule has 1 aromatic heterocycles. The van der Waals surface area contributed by atoms with E-state index in [-0.39, 0.29) is 0 Å². The Morgan fingerprint density at radius 3 is 2.94 bits per heavy atom. The van der Waals surface area contributed by atoms with Gasteiger partial charge in [0.2, 0.25) is 5.95 Å². The van der Waals surface area contributed by atoms with Gasteiger partial charge in [0.15, 0.2) is 0 Å². The van der Waals surface area contributed by atoms with Crippen LogP contribution in [0.4, 0.5) is 17.6 Å². The largest absolute Gasteiger partial charge is 0.383 e. The summed E-state index contributed by atoms with van der Waals surface area (Å²) in [6, 6.07) is 2.45. The lowest BCUT2D eigenvalue weighted by Crippen LogP contribution is -2.57. The molecular weight excluding hydrogens is 232 g/mol. The minimum atomic E-state index is 0.292. The zero-order valence-corrected chi connectivity index (χ0v) is 10.8. The molecule has 0 radical (unpaired) electrons. The smallest absolute Gasteiger partial charge is 0.223 e. The number of rotatable bonds is 6. The molecule has 4 N–H and O–H groups in total. The number of aromatic nitrogens is 2. The predicted molar refractivity (Wildman–Crippen MR) is 71.9 cm³/mol. The third-order valence-electron chi connectivity index (χ3n) is 2.96. The summed E-state index contributed by atoms with van der Waals surface area (Å²) in [5.41, 5.74) is 5.71. The van der Waals surface area contributed by atoms with Gasteiger partial charge < -0.3 is 26.0 Å². The molecule has 2 rings (SSSR count). The van der Waals surface area contributed by atoms with Crippen LogP contribution in [-0.4, -0.2) is 56.4 Å². The molecule has 1 aromatic rings. The maximum Gasteiger partial charge on any atom is 0.223 e. The van der Waals surface area contributed by atoms with E-state index in [0.717, 1.165) is 24.7 Å². The first-order valence-electron chi connectivity index (χ1n) is 6.02. The zero-order valence-electron chi connectivity index (χ0n) is 10.8. The monoisotopic (exact) mass is 252 g/mol. The van der Waals surface area contributed by atoms with Gasteiger partial charge in [-0.25, -0.2) is 0 Å². The van der Waals surface area contributed by atoms with Crippen molar-refractivity contribution in [2.45, 2.75) is 6.04 Å². The van der Waals surface area contributed by atoms with E-state index in [0.29, 0.717) is 25.1 Å². The van der Waals surface area contributed by atoms with Crippen LogP contribution in [0.1, 0.15) is 0 Å². The van der Waals surface area contributed by atoms with Crippen LogP contribution in [0.25, 0.3) is 0 Å². The lowest BCUT2D eigenvalue weighted by Gasteiger charge is -2.40. The summed E-state index contributed by atoms with van der Waals surface area (Å²) in [6.07, 6.45) is 0. The highest BCUT2D eigenvalue weighted by Gasteiger charge is 2.26. The van der Waals surface area contributed by atoms with Crippen molar-refractivity contribution in [1.82, 2.24) is 15.3 Å². The highest BCUT2D eigenvalue weighted by atomic mass is 16.5. The van der Waals surface area contributed by atoms with Crippen LogP contribution >= 0.6 is 0 Å². The Kier molecular flexibility index (Phi) is 4.16. The Morgan fingerprint density at radius 1 is 1.50 bits per heavy atom. The zero-order chi connectivity index (χ0) is 13.0. The van der Waals surface area contributed by atoms with Gasteiger partial charge in [0.25, 0.3) is 0 Å². The van der Waals surface area contributed by atoms with E-state index in [2.05, 4.69) is 25.5 Å². The van der Waals surface area contributed by atoms with Crippen LogP contribution in [0.5, 0.6) is 0 Å². The molecule has 0 unspecified atom stereocenters. The predicted octanol–water partition coefficient (Wildman–Crippen LogP) is -0.475. The minimum Gasteiger partial charge on any atom is -0.383 e. The first-order chi connectivity index (χ1) is 8.72. The number of nitrogens with one attached hydrogen (secondary N) is 2. The molecule has 0 aromatic carbocycles. The summed E-state index contributed by atoms with van der Waals surface area (Å²) in [5.74, 6) is 1.90. The molecule has 0 bridgehead atoms. The Morgan fingerprint density at radius 2 is 2.28 bits per heavy atom. The Hall–Kier alpha value is -1.60. The van der Waals surface area contributed by atoms with Crippen molar-refractivity contribution < 1.29 is 4.74 Å². The van der Waals surface area contributed by atoms with Crippen LogP contribution in [-0.2, 0) is 4.74 Å². The van der Waals surface area contributed by atoms with E-state index in [9.17, 15) is 0 Å². The SMILES string of the molecule is CNC1CN(c2cc(NCCOC)nc(N)n2)C1. The van der Waals surface area contributed by atoms with Gasteiger partial charge in [0.1, 0.15) is 11.6 Å². The highest BCUT2D eigenvalue weighted by molar-refractivity contribution is 5.54. The normalized spacial score (nSPS) is 15.6. The van der Waals surface area contributed by atoms with E-state index in [1.54, 1.807) is 7.11 Å². The van der Waals surface area contributed by atoms with Gasteiger partial charge in [-0.1, -0.05) is 0 Å². The number of hydrogen-bond acceptors (Lipinski definition) is 7. The second-order valence-electron chi connectivity index (χ2n) is 4.28. The molecule has 0 atom stereocenters. The number of methoxy groups -OCH3 is 1. The Balaban J connectivity index is 1.98. The maximum atomic E-state index is 5.71. The van der Waals surface area contributed by atoms with Crippen molar-refractivity contribution in [2.24, 2.45) is 0 Å². The van der Waals surface area contributed by atoms with Gasteiger partial charge in [-0.05, 0) is 7.05 Å². The lowest BCUT2D eigenvalue weighted by atomic mass is 10.1. The van der Waals surface area contributed by atoms with Gasteiger partial charge in [0.05, 0.1) is 6.61 Å². The van der Waals surface area contributed by atoms with Crippen LogP contribution in [0.3, 0.4) is 0 Å². The summed E-state index contributed by atoms with van der Waals surface area (Å²) >= 11 is 0. The van der Waals surface area contributed by atoms with Crippen molar-refractivity contribution in [3.63, 3.8) is 0 Å². The molecule has 1 fully saturated rings. The minimum absolute atomic E-state index is 0.292. The summed E-state index contributed by atoms with van der Waals surface area (Å²) in [4.78, 5) is 10.6. The molecule has 1 aliphatic heterocycles. The molecule has 0 amide bonds. The number of anilines is 3. The van der Waals surface area contributed by atoms with Gasteiger partial charge in [-0.2, -0.15) is 9.97 Å². The Labute approximate surface area is 107 Å². The fraction of sp³-hybridized carbons (Fsp3) is 0.636. The van der Waals surface area contributed by atoms with Crippen molar-refractivity contribution in [2.75, 3.05) is 56.3 Å². The number of nitrogens with zero attached hydrogens (tertiary/aromatic N) is 3. The molecule has 100 valence electrons. The Bertz CT molecular complexity index is 393. The molecule has 0 saturated carbocycles. The highest BCUT2D eigenvalue weighted by Crippen LogP contribution is 2.21. The fourth-order valence-corrected chi connectivity index (χ4v) is 1.83. The van der Waals surface area contributed by atoms with E-state index in [4.69, 9.17) is 10.5 Å². The van der Waals surface area contributed by atoms with Gasteiger partial charge in [-0.15, -0.1) is 0 Å². The third kappa shape index (κ3) is 2.99. The average molecular weight is 252 g/mol. The van der Waals surface area contributed by atoms with E-state index < -0.39 is 0 Å². The number of ether oxygens (including phenoxy) is 1. The molecule has 1 saturated heterocycles. The third-order valence-corrected chi connectivity index (χ3v) is 2.96. The second-order valence-corrected chi connectivity index (χ2v) is 4.28. The standard InChI is InChI=1S/C11H20N6O/c1-13-8-6-17(7-8)10-5-9(14-3-4-18-2)15-11(12)16-10/h5,8,13H,3-4,6-7H2,1-2H3,(H3,12,14,15,16). The van der Waals surface area contributed by atoms with Crippen molar-refractivity contribution >= 4 is 17.6 Å². The quantitative estimate of drug-likeness (QED) is 0.590. The van der Waals surface area contributed by atoms with E-state index >= 15 is 0 Å². The van der Waals surface area contributed by atoms with Gasteiger partial charge >= 0.3 is 0 Å². The van der Waals surface area contributed by atoms with Crippen LogP contribution < -0.4 is 21.3 Å². The maximum absolute atomic E-state index is 5.71. The second kappa shape index (κ2) is 5.83. The topological polar surface area (TPSA) is 88.3 Å². The fourth-order valence-electron chi connectivity index (χ4n) is 1.83. The van der Waals surface area contributed by atoms with E-state index in [1.807, 2.05) is 13.1 Å². The van der Waals surface area contributed by atoms with E-state index in [1.165, 1.54) is 0 Å². The summed E-state index contributed by atoms with van der Waals surface area (Å²) in [5, 5.41) is 6.38. The summed E-state index contributed by atoms with van der Waals surface area (Å²) in [6.45, 7) is 3.23. The lowest BCUT2D eigenvalue weighted by molar-refractivity contribution is 0.210. The summed E-state index contributed by atoms with van der Waals surface area (Å²) < 4.78 is 4.98. The molecule has 7 nitrogen and oxygen atoms in total. The van der Waals surface area contributed by atoms with Crippen molar-refractivity contribution in [3.05, 3.63) is 6.07 Å². The number of nitrogens with two attached hydrogens (primary N) is 1. The van der Waals surface area contributed by atoms with Gasteiger partial charge in [-0.3, -0.25) is 0 Å². The van der Waals surface area contributed by atoms with Crippen LogP contribution in [0, 0.1) is 0 Å². The molecule has 0 spiro atoms. The van der Waals surface area contributed by atoms with Crippen LogP contribution in [0.15, 0.2) is 6.07 Å². The first-order valence-corrected chi connectivity index (χ1v) is 6.02. The van der Waals surface area contributed by atoms with Crippen LogP contribution in [0.2, 0.25) is 0 Å². The number of hydrogen-bond donors (Lipinski definition) is 3. The number of nitrogen functional groups attached to an aromatic ring is 1.